The number of amides is 2. The highest BCUT2D eigenvalue weighted by Gasteiger charge is 2.31. The second-order valence-corrected chi connectivity index (χ2v) is 5.44. The van der Waals surface area contributed by atoms with Gasteiger partial charge in [0.15, 0.2) is 0 Å². The number of carboxylic acid groups (broad SMARTS) is 1. The van der Waals surface area contributed by atoms with Gasteiger partial charge in [-0.15, -0.1) is 11.3 Å². The monoisotopic (exact) mass is 268 g/mol. The lowest BCUT2D eigenvalue weighted by molar-refractivity contribution is -0.141. The molecule has 1 fully saturated rings. The normalized spacial score (nSPS) is 20.7. The molecule has 6 heteroatoms. The van der Waals surface area contributed by atoms with Crippen LogP contribution in [-0.4, -0.2) is 35.1 Å². The van der Waals surface area contributed by atoms with Gasteiger partial charge in [0, 0.05) is 18.0 Å². The Hall–Kier alpha value is -1.56. The molecule has 1 saturated heterocycles. The smallest absolute Gasteiger partial charge is 0.317 e. The first-order chi connectivity index (χ1) is 8.58. The van der Waals surface area contributed by atoms with Gasteiger partial charge in [-0.2, -0.15) is 0 Å². The minimum absolute atomic E-state index is 0.0404. The molecule has 0 saturated carbocycles. The van der Waals surface area contributed by atoms with E-state index in [1.54, 1.807) is 16.2 Å². The van der Waals surface area contributed by atoms with Gasteiger partial charge in [-0.3, -0.25) is 4.79 Å². The van der Waals surface area contributed by atoms with Crippen molar-refractivity contribution < 1.29 is 14.7 Å². The molecule has 18 heavy (non-hydrogen) atoms. The summed E-state index contributed by atoms with van der Waals surface area (Å²) in [4.78, 5) is 25.4. The van der Waals surface area contributed by atoms with Crippen LogP contribution < -0.4 is 5.32 Å². The molecule has 2 N–H and O–H groups in total. The summed E-state index contributed by atoms with van der Waals surface area (Å²) in [5, 5.41) is 13.7. The molecule has 0 spiro atoms. The van der Waals surface area contributed by atoms with Crippen molar-refractivity contribution in [2.24, 2.45) is 5.92 Å². The Bertz CT molecular complexity index is 433. The van der Waals surface area contributed by atoms with Crippen molar-refractivity contribution in [1.82, 2.24) is 10.2 Å². The van der Waals surface area contributed by atoms with Crippen molar-refractivity contribution in [3.8, 4) is 0 Å². The molecule has 0 aliphatic carbocycles. The fourth-order valence-electron chi connectivity index (χ4n) is 2.03. The number of aliphatic carboxylic acids is 1. The summed E-state index contributed by atoms with van der Waals surface area (Å²) in [7, 11) is 0. The highest BCUT2D eigenvalue weighted by molar-refractivity contribution is 7.10. The molecular weight excluding hydrogens is 252 g/mol. The molecule has 1 aromatic rings. The van der Waals surface area contributed by atoms with E-state index in [-0.39, 0.29) is 12.1 Å². The minimum atomic E-state index is -0.823. The lowest BCUT2D eigenvalue weighted by Gasteiger charge is -2.20. The van der Waals surface area contributed by atoms with Gasteiger partial charge in [0.05, 0.1) is 12.0 Å². The third-order valence-electron chi connectivity index (χ3n) is 3.13. The number of thiophene rings is 1. The maximum atomic E-state index is 11.9. The number of rotatable bonds is 3. The summed E-state index contributed by atoms with van der Waals surface area (Å²) in [5.41, 5.74) is 0. The van der Waals surface area contributed by atoms with E-state index in [1.165, 1.54) is 0 Å². The van der Waals surface area contributed by atoms with E-state index in [2.05, 4.69) is 5.32 Å². The molecule has 0 aromatic carbocycles. The fourth-order valence-corrected chi connectivity index (χ4v) is 2.77. The average Bonchev–Trinajstić information content (AvgIpc) is 3.00. The van der Waals surface area contributed by atoms with Crippen LogP contribution in [-0.2, 0) is 4.79 Å². The first kappa shape index (κ1) is 12.9. The van der Waals surface area contributed by atoms with Gasteiger partial charge < -0.3 is 15.3 Å². The Labute approximate surface area is 109 Å². The van der Waals surface area contributed by atoms with Gasteiger partial charge in [-0.05, 0) is 24.8 Å². The number of urea groups is 1. The van der Waals surface area contributed by atoms with Crippen molar-refractivity contribution in [1.29, 1.82) is 0 Å². The molecule has 0 radical (unpaired) electrons. The van der Waals surface area contributed by atoms with Crippen LogP contribution >= 0.6 is 11.3 Å². The number of carbonyl (C=O) groups excluding carboxylic acids is 1. The summed E-state index contributed by atoms with van der Waals surface area (Å²) in [6, 6.07) is 3.69. The first-order valence-corrected chi connectivity index (χ1v) is 6.77. The summed E-state index contributed by atoms with van der Waals surface area (Å²) in [6.07, 6.45) is 0.538. The molecule has 2 heterocycles. The SMILES string of the molecule is CC(NC(=O)N1CCC(C(=O)O)C1)c1cccs1. The van der Waals surface area contributed by atoms with Crippen LogP contribution in [0, 0.1) is 5.92 Å². The van der Waals surface area contributed by atoms with E-state index >= 15 is 0 Å². The molecule has 1 aromatic heterocycles. The number of hydrogen-bond donors (Lipinski definition) is 2. The van der Waals surface area contributed by atoms with Crippen LogP contribution in [0.2, 0.25) is 0 Å². The zero-order chi connectivity index (χ0) is 13.1. The Morgan fingerprint density at radius 3 is 2.94 bits per heavy atom. The minimum Gasteiger partial charge on any atom is -0.481 e. The Kier molecular flexibility index (Phi) is 3.86. The van der Waals surface area contributed by atoms with Gasteiger partial charge in [-0.25, -0.2) is 4.79 Å². The Morgan fingerprint density at radius 1 is 1.61 bits per heavy atom. The summed E-state index contributed by atoms with van der Waals surface area (Å²) >= 11 is 1.59. The third kappa shape index (κ3) is 2.81. The van der Waals surface area contributed by atoms with Crippen molar-refractivity contribution in [2.75, 3.05) is 13.1 Å². The largest absolute Gasteiger partial charge is 0.481 e. The second-order valence-electron chi connectivity index (χ2n) is 4.46. The predicted molar refractivity (Wildman–Crippen MR) is 68.6 cm³/mol. The molecular formula is C12H16N2O3S. The molecule has 1 aliphatic rings. The predicted octanol–water partition coefficient (Wildman–Crippen LogP) is 1.93. The molecule has 98 valence electrons. The van der Waals surface area contributed by atoms with E-state index in [0.29, 0.717) is 19.5 Å². The third-order valence-corrected chi connectivity index (χ3v) is 4.19. The van der Waals surface area contributed by atoms with Gasteiger partial charge in [0.1, 0.15) is 0 Å². The standard InChI is InChI=1S/C12H16N2O3S/c1-8(10-3-2-6-18-10)13-12(17)14-5-4-9(7-14)11(15)16/h2-3,6,8-9H,4-5,7H2,1H3,(H,13,17)(H,15,16). The lowest BCUT2D eigenvalue weighted by Crippen LogP contribution is -2.39. The zero-order valence-electron chi connectivity index (χ0n) is 10.1. The van der Waals surface area contributed by atoms with Gasteiger partial charge in [-0.1, -0.05) is 6.07 Å². The highest BCUT2D eigenvalue weighted by atomic mass is 32.1. The van der Waals surface area contributed by atoms with Gasteiger partial charge in [0.25, 0.3) is 0 Å². The number of carbonyl (C=O) groups is 2. The number of likely N-dealkylation sites (tertiary alicyclic amines) is 1. The van der Waals surface area contributed by atoms with Gasteiger partial charge in [0.2, 0.25) is 0 Å². The number of nitrogens with zero attached hydrogens (tertiary/aromatic N) is 1. The first-order valence-electron chi connectivity index (χ1n) is 5.89. The van der Waals surface area contributed by atoms with Crippen LogP contribution in [0.3, 0.4) is 0 Å². The summed E-state index contributed by atoms with van der Waals surface area (Å²) < 4.78 is 0. The van der Waals surface area contributed by atoms with Crippen molar-refractivity contribution in [3.63, 3.8) is 0 Å². The van der Waals surface area contributed by atoms with Crippen LogP contribution in [0.5, 0.6) is 0 Å². The van der Waals surface area contributed by atoms with E-state index in [1.807, 2.05) is 24.4 Å². The van der Waals surface area contributed by atoms with Crippen LogP contribution in [0.4, 0.5) is 4.79 Å². The summed E-state index contributed by atoms with van der Waals surface area (Å²) in [5.74, 6) is -1.25. The van der Waals surface area contributed by atoms with E-state index < -0.39 is 11.9 Å². The van der Waals surface area contributed by atoms with Crippen LogP contribution in [0.15, 0.2) is 17.5 Å². The topological polar surface area (TPSA) is 69.6 Å². The van der Waals surface area contributed by atoms with Crippen molar-refractivity contribution in [3.05, 3.63) is 22.4 Å². The van der Waals surface area contributed by atoms with Crippen LogP contribution in [0.25, 0.3) is 0 Å². The molecule has 2 amide bonds. The second kappa shape index (κ2) is 5.39. The number of nitrogens with one attached hydrogen (secondary N) is 1. The quantitative estimate of drug-likeness (QED) is 0.880. The molecule has 2 rings (SSSR count). The molecule has 2 unspecified atom stereocenters. The average molecular weight is 268 g/mol. The molecule has 1 aliphatic heterocycles. The Balaban J connectivity index is 1.87. The number of carboxylic acids is 1. The maximum Gasteiger partial charge on any atom is 0.317 e. The van der Waals surface area contributed by atoms with Crippen molar-refractivity contribution >= 4 is 23.3 Å². The van der Waals surface area contributed by atoms with Gasteiger partial charge >= 0.3 is 12.0 Å². The zero-order valence-corrected chi connectivity index (χ0v) is 10.9. The van der Waals surface area contributed by atoms with Crippen LogP contribution in [0.1, 0.15) is 24.3 Å². The molecule has 0 bridgehead atoms. The van der Waals surface area contributed by atoms with E-state index in [4.69, 9.17) is 5.11 Å². The maximum absolute atomic E-state index is 11.9. The van der Waals surface area contributed by atoms with Crippen molar-refractivity contribution in [2.45, 2.75) is 19.4 Å². The molecule has 5 nitrogen and oxygen atoms in total. The Morgan fingerprint density at radius 2 is 2.39 bits per heavy atom. The number of hydrogen-bond acceptors (Lipinski definition) is 3. The lowest BCUT2D eigenvalue weighted by atomic mass is 10.1. The fraction of sp³-hybridized carbons (Fsp3) is 0.500. The van der Waals surface area contributed by atoms with E-state index in [9.17, 15) is 9.59 Å². The highest BCUT2D eigenvalue weighted by Crippen LogP contribution is 2.20. The summed E-state index contributed by atoms with van der Waals surface area (Å²) in [6.45, 7) is 2.74. The van der Waals surface area contributed by atoms with E-state index in [0.717, 1.165) is 4.88 Å². The molecule has 2 atom stereocenters.